The molecule has 1 aromatic rings. The van der Waals surface area contributed by atoms with Crippen molar-refractivity contribution in [2.75, 3.05) is 5.32 Å². The molecular formula is C15H15N5O. The summed E-state index contributed by atoms with van der Waals surface area (Å²) < 4.78 is 0. The van der Waals surface area contributed by atoms with Gasteiger partial charge < -0.3 is 10.6 Å². The van der Waals surface area contributed by atoms with Crippen LogP contribution in [0.2, 0.25) is 0 Å². The zero-order valence-electron chi connectivity index (χ0n) is 11.4. The second kappa shape index (κ2) is 6.53. The van der Waals surface area contributed by atoms with Crippen molar-refractivity contribution in [2.24, 2.45) is 0 Å². The summed E-state index contributed by atoms with van der Waals surface area (Å²) in [5.41, 5.74) is 2.61. The summed E-state index contributed by atoms with van der Waals surface area (Å²) in [4.78, 5) is 11.9. The Bertz CT molecular complexity index is 653. The van der Waals surface area contributed by atoms with Crippen LogP contribution >= 0.6 is 0 Å². The van der Waals surface area contributed by atoms with Gasteiger partial charge in [0.2, 0.25) is 0 Å². The van der Waals surface area contributed by atoms with Crippen LogP contribution in [-0.4, -0.2) is 17.8 Å². The van der Waals surface area contributed by atoms with E-state index in [-0.39, 0.29) is 0 Å². The molecule has 2 rings (SSSR count). The lowest BCUT2D eigenvalue weighted by Gasteiger charge is -2.20. The predicted octanol–water partition coefficient (Wildman–Crippen LogP) is 2.12. The molecule has 6 nitrogen and oxygen atoms in total. The number of nitrogens with zero attached hydrogens (tertiary/aromatic N) is 2. The number of nitriles is 2. The van der Waals surface area contributed by atoms with E-state index in [0.717, 1.165) is 36.9 Å². The summed E-state index contributed by atoms with van der Waals surface area (Å²) in [6.07, 6.45) is 4.17. The number of hydrogen-bond donors (Lipinski definition) is 3. The highest BCUT2D eigenvalue weighted by Gasteiger charge is 2.18. The summed E-state index contributed by atoms with van der Waals surface area (Å²) in [6.45, 7) is 0. The summed E-state index contributed by atoms with van der Waals surface area (Å²) in [5.74, 6) is 0. The Morgan fingerprint density at radius 2 is 2.05 bits per heavy atom. The van der Waals surface area contributed by atoms with Gasteiger partial charge in [0.05, 0.1) is 6.07 Å². The Hall–Kier alpha value is -2.86. The third-order valence-corrected chi connectivity index (χ3v) is 3.46. The molecule has 1 aromatic carbocycles. The fourth-order valence-electron chi connectivity index (χ4n) is 2.42. The van der Waals surface area contributed by atoms with Gasteiger partial charge in [-0.05, 0) is 42.9 Å². The Morgan fingerprint density at radius 1 is 1.29 bits per heavy atom. The molecule has 2 amide bonds. The minimum absolute atomic E-state index is 0.484. The van der Waals surface area contributed by atoms with E-state index < -0.39 is 17.8 Å². The first-order chi connectivity index (χ1) is 10.2. The molecule has 0 fully saturated rings. The highest BCUT2D eigenvalue weighted by Crippen LogP contribution is 2.27. The van der Waals surface area contributed by atoms with Crippen molar-refractivity contribution < 1.29 is 4.79 Å². The van der Waals surface area contributed by atoms with Crippen molar-refractivity contribution >= 4 is 17.4 Å². The van der Waals surface area contributed by atoms with Gasteiger partial charge in [0.1, 0.15) is 11.8 Å². The molecule has 0 aromatic heterocycles. The maximum Gasteiger partial charge on any atom is 0.320 e. The van der Waals surface area contributed by atoms with E-state index in [1.807, 2.05) is 12.1 Å². The molecule has 1 atom stereocenters. The second-order valence-corrected chi connectivity index (χ2v) is 4.84. The van der Waals surface area contributed by atoms with Crippen LogP contribution in [0.1, 0.15) is 24.0 Å². The molecule has 0 saturated carbocycles. The van der Waals surface area contributed by atoms with Gasteiger partial charge in [-0.15, -0.1) is 0 Å². The summed E-state index contributed by atoms with van der Waals surface area (Å²) >= 11 is 0. The zero-order valence-corrected chi connectivity index (χ0v) is 11.4. The summed E-state index contributed by atoms with van der Waals surface area (Å²) in [5, 5.41) is 29.8. The van der Waals surface area contributed by atoms with Crippen LogP contribution in [0.15, 0.2) is 18.2 Å². The smallest absolute Gasteiger partial charge is 0.316 e. The van der Waals surface area contributed by atoms with Gasteiger partial charge in [-0.2, -0.15) is 10.5 Å². The van der Waals surface area contributed by atoms with Crippen LogP contribution in [0.5, 0.6) is 0 Å². The fraction of sp³-hybridized carbons (Fsp3) is 0.333. The van der Waals surface area contributed by atoms with Crippen LogP contribution in [-0.2, 0) is 12.8 Å². The summed E-state index contributed by atoms with van der Waals surface area (Å²) in [7, 11) is 0. The van der Waals surface area contributed by atoms with Gasteiger partial charge in [-0.1, -0.05) is 12.1 Å². The standard InChI is InChI=1S/C15H15N5O/c16-8-12(18)14(9-17)20-15(21)19-13-7-3-5-10-4-1-2-6-11(10)13/h3,5,7,14,18H,1-2,4,6H2,(H2,19,20,21). The molecule has 0 radical (unpaired) electrons. The number of amides is 2. The molecule has 0 aliphatic heterocycles. The van der Waals surface area contributed by atoms with E-state index in [4.69, 9.17) is 15.9 Å². The normalized spacial score (nSPS) is 14.0. The first kappa shape index (κ1) is 14.5. The van der Waals surface area contributed by atoms with Crippen LogP contribution in [0.3, 0.4) is 0 Å². The first-order valence-corrected chi connectivity index (χ1v) is 6.72. The first-order valence-electron chi connectivity index (χ1n) is 6.72. The molecule has 106 valence electrons. The number of fused-ring (bicyclic) bond motifs is 1. The van der Waals surface area contributed by atoms with Gasteiger partial charge in [-0.3, -0.25) is 5.41 Å². The molecule has 1 unspecified atom stereocenters. The number of urea groups is 1. The van der Waals surface area contributed by atoms with E-state index in [1.165, 1.54) is 5.56 Å². The second-order valence-electron chi connectivity index (χ2n) is 4.84. The van der Waals surface area contributed by atoms with Crippen LogP contribution in [0.25, 0.3) is 0 Å². The minimum atomic E-state index is -1.23. The molecule has 0 bridgehead atoms. The lowest BCUT2D eigenvalue weighted by atomic mass is 9.90. The fourth-order valence-corrected chi connectivity index (χ4v) is 2.42. The number of aryl methyl sites for hydroxylation is 1. The number of hydrogen-bond acceptors (Lipinski definition) is 4. The topological polar surface area (TPSA) is 113 Å². The van der Waals surface area contributed by atoms with Crippen molar-refractivity contribution in [3.05, 3.63) is 29.3 Å². The number of carbonyl (C=O) groups is 1. The molecule has 21 heavy (non-hydrogen) atoms. The molecule has 0 heterocycles. The zero-order chi connectivity index (χ0) is 15.2. The van der Waals surface area contributed by atoms with E-state index in [9.17, 15) is 4.79 Å². The highest BCUT2D eigenvalue weighted by atomic mass is 16.2. The van der Waals surface area contributed by atoms with Gasteiger partial charge in [0.15, 0.2) is 6.04 Å². The van der Waals surface area contributed by atoms with Crippen molar-refractivity contribution in [3.8, 4) is 12.1 Å². The van der Waals surface area contributed by atoms with Crippen LogP contribution < -0.4 is 10.6 Å². The molecule has 3 N–H and O–H groups in total. The minimum Gasteiger partial charge on any atom is -0.316 e. The molecular weight excluding hydrogens is 266 g/mol. The average molecular weight is 281 g/mol. The monoisotopic (exact) mass is 281 g/mol. The molecule has 6 heteroatoms. The van der Waals surface area contributed by atoms with E-state index in [0.29, 0.717) is 0 Å². The van der Waals surface area contributed by atoms with Gasteiger partial charge in [-0.25, -0.2) is 4.79 Å². The van der Waals surface area contributed by atoms with E-state index in [2.05, 4.69) is 16.7 Å². The SMILES string of the molecule is N#CC(=N)C(C#N)NC(=O)Nc1cccc2c1CCCC2. The Balaban J connectivity index is 2.09. The molecule has 0 saturated heterocycles. The van der Waals surface area contributed by atoms with Gasteiger partial charge in [0, 0.05) is 5.69 Å². The lowest BCUT2D eigenvalue weighted by molar-refractivity contribution is 0.252. The van der Waals surface area contributed by atoms with Crippen molar-refractivity contribution in [1.82, 2.24) is 5.32 Å². The number of benzene rings is 1. The Morgan fingerprint density at radius 3 is 2.76 bits per heavy atom. The lowest BCUT2D eigenvalue weighted by Crippen LogP contribution is -2.41. The van der Waals surface area contributed by atoms with Crippen LogP contribution in [0.4, 0.5) is 10.5 Å². The number of carbonyl (C=O) groups excluding carboxylic acids is 1. The third-order valence-electron chi connectivity index (χ3n) is 3.46. The van der Waals surface area contributed by atoms with Crippen molar-refractivity contribution in [3.63, 3.8) is 0 Å². The highest BCUT2D eigenvalue weighted by molar-refractivity contribution is 6.05. The van der Waals surface area contributed by atoms with Gasteiger partial charge in [0.25, 0.3) is 0 Å². The summed E-state index contributed by atoms with van der Waals surface area (Å²) in [6, 6.07) is 7.22. The van der Waals surface area contributed by atoms with E-state index >= 15 is 0 Å². The van der Waals surface area contributed by atoms with Crippen molar-refractivity contribution in [2.45, 2.75) is 31.7 Å². The number of rotatable bonds is 3. The number of anilines is 1. The Labute approximate surface area is 122 Å². The van der Waals surface area contributed by atoms with Crippen LogP contribution in [0, 0.1) is 28.1 Å². The average Bonchev–Trinajstić information content (AvgIpc) is 2.52. The molecule has 1 aliphatic carbocycles. The van der Waals surface area contributed by atoms with Crippen molar-refractivity contribution in [1.29, 1.82) is 15.9 Å². The van der Waals surface area contributed by atoms with Gasteiger partial charge >= 0.3 is 6.03 Å². The maximum atomic E-state index is 11.9. The van der Waals surface area contributed by atoms with E-state index in [1.54, 1.807) is 12.1 Å². The molecule has 1 aliphatic rings. The maximum absolute atomic E-state index is 11.9. The molecule has 0 spiro atoms. The largest absolute Gasteiger partial charge is 0.320 e. The predicted molar refractivity (Wildman–Crippen MR) is 78.0 cm³/mol. The number of nitrogens with one attached hydrogen (secondary N) is 3. The Kier molecular flexibility index (Phi) is 4.53. The third kappa shape index (κ3) is 3.37. The quantitative estimate of drug-likeness (QED) is 0.737.